The van der Waals surface area contributed by atoms with Crippen LogP contribution in [0.3, 0.4) is 0 Å². The number of esters is 1. The highest BCUT2D eigenvalue weighted by molar-refractivity contribution is 5.75. The number of nitrogens with two attached hydrogens (primary N) is 1. The number of allylic oxidation sites excluding steroid dienone is 1. The van der Waals surface area contributed by atoms with Gasteiger partial charge in [-0.2, -0.15) is 0 Å². The molecular formula is C47H70N4O4. The molecule has 0 aliphatic heterocycles. The van der Waals surface area contributed by atoms with Crippen LogP contribution in [0.15, 0.2) is 49.2 Å². The molecule has 6 saturated carbocycles. The monoisotopic (exact) mass is 755 g/mol. The topological polar surface area (TPSA) is 127 Å². The van der Waals surface area contributed by atoms with Crippen LogP contribution < -0.4 is 11.1 Å². The zero-order valence-corrected chi connectivity index (χ0v) is 34.7. The Balaban J connectivity index is 0.000000205. The average molecular weight is 755 g/mol. The van der Waals surface area contributed by atoms with E-state index in [-0.39, 0.29) is 35.5 Å². The summed E-state index contributed by atoms with van der Waals surface area (Å²) in [5.74, 6) is 4.54. The van der Waals surface area contributed by atoms with Crippen molar-refractivity contribution in [2.24, 2.45) is 57.0 Å². The van der Waals surface area contributed by atoms with Crippen LogP contribution in [0.25, 0.3) is 11.3 Å². The van der Waals surface area contributed by atoms with Gasteiger partial charge in [0.1, 0.15) is 18.2 Å². The minimum absolute atomic E-state index is 0.0891. The van der Waals surface area contributed by atoms with E-state index in [9.17, 15) is 14.4 Å². The highest BCUT2D eigenvalue weighted by Crippen LogP contribution is 2.71. The number of rotatable bonds is 8. The van der Waals surface area contributed by atoms with Gasteiger partial charge in [-0.25, -0.2) is 4.98 Å². The minimum atomic E-state index is -0.676. The molecule has 0 bridgehead atoms. The number of carbonyl (C=O) groups excluding carboxylic acids is 3. The smallest absolute Gasteiger partial charge is 0.307 e. The third-order valence-corrected chi connectivity index (χ3v) is 16.0. The summed E-state index contributed by atoms with van der Waals surface area (Å²) in [4.78, 5) is 42.3. The zero-order valence-electron chi connectivity index (χ0n) is 34.7. The molecule has 0 spiro atoms. The summed E-state index contributed by atoms with van der Waals surface area (Å²) in [6.07, 6.45) is 22.6. The van der Waals surface area contributed by atoms with Gasteiger partial charge in [0.05, 0.1) is 23.9 Å². The van der Waals surface area contributed by atoms with E-state index in [1.165, 1.54) is 57.8 Å². The molecule has 4 N–H and O–H groups in total. The highest BCUT2D eigenvalue weighted by atomic mass is 16.5. The number of nitrogens with zero attached hydrogens (tertiary/aromatic N) is 1. The number of imidazole rings is 1. The molecule has 55 heavy (non-hydrogen) atoms. The first-order chi connectivity index (χ1) is 26.2. The molecular weight excluding hydrogens is 685 g/mol. The summed E-state index contributed by atoms with van der Waals surface area (Å²) in [7, 11) is 0. The van der Waals surface area contributed by atoms with Crippen molar-refractivity contribution in [3.63, 3.8) is 0 Å². The number of H-pyrrole nitrogens is 1. The zero-order chi connectivity index (χ0) is 39.6. The molecule has 8 nitrogen and oxygen atoms in total. The number of aldehydes is 1. The first-order valence-electron chi connectivity index (χ1n) is 21.5. The molecule has 6 fully saturated rings. The molecule has 1 aromatic heterocycles. The highest BCUT2D eigenvalue weighted by Gasteiger charge is 2.64. The van der Waals surface area contributed by atoms with Crippen molar-refractivity contribution in [3.05, 3.63) is 55.0 Å². The molecule has 8 heteroatoms. The first-order valence-corrected chi connectivity index (χ1v) is 21.5. The Hall–Kier alpha value is -3.26. The van der Waals surface area contributed by atoms with Crippen LogP contribution in [0.2, 0.25) is 0 Å². The molecule has 8 rings (SSSR count). The fraction of sp³-hybridized carbons (Fsp3) is 0.702. The predicted molar refractivity (Wildman–Crippen MR) is 219 cm³/mol. The van der Waals surface area contributed by atoms with Gasteiger partial charge < -0.3 is 25.6 Å². The fourth-order valence-electron chi connectivity index (χ4n) is 13.0. The van der Waals surface area contributed by atoms with Crippen molar-refractivity contribution in [1.29, 1.82) is 0 Å². The van der Waals surface area contributed by atoms with Gasteiger partial charge in [0.15, 0.2) is 0 Å². The summed E-state index contributed by atoms with van der Waals surface area (Å²) in [6.45, 7) is 16.6. The van der Waals surface area contributed by atoms with Gasteiger partial charge in [0.2, 0.25) is 6.41 Å². The lowest BCUT2D eigenvalue weighted by molar-refractivity contribution is -0.192. The molecule has 1 amide bonds. The lowest BCUT2D eigenvalue weighted by atomic mass is 9.38. The number of fused-ring (bicyclic) bond motifs is 7. The molecule has 6 aliphatic carbocycles. The molecule has 0 saturated heterocycles. The number of nitrogens with one attached hydrogen (secondary N) is 2. The Morgan fingerprint density at radius 1 is 0.927 bits per heavy atom. The lowest BCUT2D eigenvalue weighted by Gasteiger charge is -2.67. The summed E-state index contributed by atoms with van der Waals surface area (Å²) >= 11 is 0. The molecule has 6 aliphatic rings. The van der Waals surface area contributed by atoms with Gasteiger partial charge in [-0.1, -0.05) is 77.4 Å². The molecule has 10 unspecified atom stereocenters. The van der Waals surface area contributed by atoms with Crippen LogP contribution in [0, 0.1) is 51.2 Å². The number of hydrogen-bond acceptors (Lipinski definition) is 6. The van der Waals surface area contributed by atoms with Gasteiger partial charge in [-0.05, 0) is 142 Å². The Labute approximate surface area is 331 Å². The van der Waals surface area contributed by atoms with Crippen molar-refractivity contribution in [1.82, 2.24) is 15.3 Å². The fourth-order valence-corrected chi connectivity index (χ4v) is 13.0. The van der Waals surface area contributed by atoms with Crippen LogP contribution >= 0.6 is 0 Å². The summed E-state index contributed by atoms with van der Waals surface area (Å²) < 4.78 is 5.92. The van der Waals surface area contributed by atoms with Crippen LogP contribution in [-0.4, -0.2) is 40.8 Å². The number of aromatic amines is 1. The predicted octanol–water partition coefficient (Wildman–Crippen LogP) is 9.69. The molecule has 1 aromatic carbocycles. The second-order valence-corrected chi connectivity index (χ2v) is 19.8. The lowest BCUT2D eigenvalue weighted by Crippen LogP contribution is -2.64. The van der Waals surface area contributed by atoms with Crippen molar-refractivity contribution in [2.75, 3.05) is 0 Å². The average Bonchev–Trinajstić information content (AvgIpc) is 3.79. The van der Waals surface area contributed by atoms with Crippen molar-refractivity contribution >= 4 is 18.7 Å². The maximum Gasteiger partial charge on any atom is 0.307 e. The number of amides is 1. The summed E-state index contributed by atoms with van der Waals surface area (Å²) in [5.41, 5.74) is 9.36. The second kappa shape index (κ2) is 16.3. The minimum Gasteiger partial charge on any atom is -0.461 e. The van der Waals surface area contributed by atoms with Crippen molar-refractivity contribution < 1.29 is 19.1 Å². The van der Waals surface area contributed by atoms with E-state index in [1.807, 2.05) is 43.5 Å². The first kappa shape index (κ1) is 41.4. The number of benzene rings is 1. The van der Waals surface area contributed by atoms with E-state index in [2.05, 4.69) is 42.6 Å². The molecule has 1 heterocycles. The van der Waals surface area contributed by atoms with E-state index < -0.39 is 5.41 Å². The van der Waals surface area contributed by atoms with E-state index in [4.69, 9.17) is 10.5 Å². The number of carbonyl (C=O) groups is 3. The van der Waals surface area contributed by atoms with E-state index in [0.717, 1.165) is 85.6 Å². The van der Waals surface area contributed by atoms with Crippen LogP contribution in [0.1, 0.15) is 144 Å². The van der Waals surface area contributed by atoms with Gasteiger partial charge in [-0.3, -0.25) is 9.59 Å². The third kappa shape index (κ3) is 7.87. The Kier molecular flexibility index (Phi) is 12.3. The van der Waals surface area contributed by atoms with E-state index in [1.54, 1.807) is 19.9 Å². The standard InChI is InChI=1S/C30H49NO3.C14H15N3O.C3H6/c1-27(2,18-32)17-25(33)34-23-12-16-30(5)22(26(23)31)11-15-29(4)21-10-14-28(3)13-6-7-20(28)19(21)8-9-24(29)30;18-10-16-14(7-4-8-14)13-15-9-12(17-13)11-5-2-1-3-6-11;1-3-2/h18-24,26H,6-17,31H2,1-5H3;1-3,5-6,9-10H,4,7-8H2,(H,15,17)(H,16,18);3H,1H2,2H3. The van der Waals surface area contributed by atoms with Crippen molar-refractivity contribution in [3.8, 4) is 11.3 Å². The van der Waals surface area contributed by atoms with Crippen LogP contribution in [0.4, 0.5) is 0 Å². The molecule has 2 aromatic rings. The van der Waals surface area contributed by atoms with Gasteiger partial charge >= 0.3 is 5.97 Å². The van der Waals surface area contributed by atoms with Gasteiger partial charge in [-0.15, -0.1) is 6.58 Å². The molecule has 0 radical (unpaired) electrons. The molecule has 10 atom stereocenters. The maximum atomic E-state index is 12.6. The Morgan fingerprint density at radius 2 is 1.60 bits per heavy atom. The normalized spacial score (nSPS) is 36.9. The SMILES string of the molecule is C=CC.CC(C)(C=O)CC(=O)OC1CCC2(C)C(CCC3(C)C4CCC5(C)CCCC5C4CCC23)C1N.O=CNC1(c2ncc(-c3ccccc3)[nH]2)CCC1. The van der Waals surface area contributed by atoms with E-state index in [0.29, 0.717) is 16.7 Å². The maximum absolute atomic E-state index is 12.6. The molecule has 302 valence electrons. The number of hydrogen-bond donors (Lipinski definition) is 3. The summed E-state index contributed by atoms with van der Waals surface area (Å²) in [6, 6.07) is 9.98. The van der Waals surface area contributed by atoms with Crippen LogP contribution in [-0.2, 0) is 24.7 Å². The third-order valence-electron chi connectivity index (χ3n) is 16.0. The van der Waals surface area contributed by atoms with Crippen molar-refractivity contribution in [2.45, 2.75) is 156 Å². The quantitative estimate of drug-likeness (QED) is 0.140. The number of aromatic nitrogens is 2. The van der Waals surface area contributed by atoms with Gasteiger partial charge in [0, 0.05) is 11.5 Å². The summed E-state index contributed by atoms with van der Waals surface area (Å²) in [5, 5.41) is 2.90. The second-order valence-electron chi connectivity index (χ2n) is 19.8. The Morgan fingerprint density at radius 3 is 2.25 bits per heavy atom. The largest absolute Gasteiger partial charge is 0.461 e. The van der Waals surface area contributed by atoms with Gasteiger partial charge in [0.25, 0.3) is 0 Å². The number of ether oxygens (including phenoxy) is 1. The van der Waals surface area contributed by atoms with Crippen LogP contribution in [0.5, 0.6) is 0 Å². The Bertz CT molecular complexity index is 1650. The van der Waals surface area contributed by atoms with E-state index >= 15 is 0 Å².